The fourth-order valence-electron chi connectivity index (χ4n) is 2.77. The molecule has 2 rings (SSSR count). The molecular weight excluding hydrogens is 340 g/mol. The lowest BCUT2D eigenvalue weighted by molar-refractivity contribution is -0.116. The SMILES string of the molecule is Cc1cc(C)c(S(=O)(=O)NCCC(=O)Nc2cccc(O)c2)c(C)c1. The van der Waals surface area contributed by atoms with Gasteiger partial charge in [0.1, 0.15) is 5.75 Å². The molecule has 0 fully saturated rings. The second kappa shape index (κ2) is 7.67. The number of nitrogens with one attached hydrogen (secondary N) is 2. The fourth-order valence-corrected chi connectivity index (χ4v) is 4.25. The van der Waals surface area contributed by atoms with E-state index in [0.717, 1.165) is 5.56 Å². The Morgan fingerprint density at radius 1 is 1.08 bits per heavy atom. The normalized spacial score (nSPS) is 11.3. The van der Waals surface area contributed by atoms with Crippen LogP contribution >= 0.6 is 0 Å². The van der Waals surface area contributed by atoms with E-state index >= 15 is 0 Å². The molecule has 2 aromatic rings. The standard InChI is InChI=1S/C18H22N2O4S/c1-12-9-13(2)18(14(3)10-12)25(23,24)19-8-7-17(22)20-15-5-4-6-16(21)11-15/h4-6,9-11,19,21H,7-8H2,1-3H3,(H,20,22). The Kier molecular flexibility index (Phi) is 5.81. The van der Waals surface area contributed by atoms with E-state index in [-0.39, 0.29) is 29.5 Å². The van der Waals surface area contributed by atoms with Gasteiger partial charge in [-0.3, -0.25) is 4.79 Å². The first-order chi connectivity index (χ1) is 11.7. The Bertz CT molecular complexity index is 869. The van der Waals surface area contributed by atoms with Gasteiger partial charge in [-0.25, -0.2) is 13.1 Å². The van der Waals surface area contributed by atoms with Crippen molar-refractivity contribution in [2.24, 2.45) is 0 Å². The van der Waals surface area contributed by atoms with Gasteiger partial charge in [-0.15, -0.1) is 0 Å². The van der Waals surface area contributed by atoms with Crippen molar-refractivity contribution in [3.8, 4) is 5.75 Å². The van der Waals surface area contributed by atoms with Crippen molar-refractivity contribution in [1.29, 1.82) is 0 Å². The number of aromatic hydroxyl groups is 1. The van der Waals surface area contributed by atoms with Crippen molar-refractivity contribution >= 4 is 21.6 Å². The summed E-state index contributed by atoms with van der Waals surface area (Å²) < 4.78 is 27.5. The first kappa shape index (κ1) is 19.0. The molecule has 0 unspecified atom stereocenters. The number of amides is 1. The molecule has 1 amide bonds. The Hall–Kier alpha value is -2.38. The van der Waals surface area contributed by atoms with Crippen LogP contribution in [-0.4, -0.2) is 26.0 Å². The third kappa shape index (κ3) is 5.04. The topological polar surface area (TPSA) is 95.5 Å². The number of benzene rings is 2. The monoisotopic (exact) mass is 362 g/mol. The molecule has 0 bridgehead atoms. The zero-order valence-corrected chi connectivity index (χ0v) is 15.3. The number of aryl methyl sites for hydroxylation is 3. The van der Waals surface area contributed by atoms with Crippen LogP contribution in [0.5, 0.6) is 5.75 Å². The number of phenolic OH excluding ortho intramolecular Hbond substituents is 1. The fraction of sp³-hybridized carbons (Fsp3) is 0.278. The number of phenols is 1. The second-order valence-electron chi connectivity index (χ2n) is 5.97. The van der Waals surface area contributed by atoms with Gasteiger partial charge < -0.3 is 10.4 Å². The molecule has 0 radical (unpaired) electrons. The van der Waals surface area contributed by atoms with Gasteiger partial charge in [0.2, 0.25) is 15.9 Å². The average Bonchev–Trinajstić information content (AvgIpc) is 2.45. The highest BCUT2D eigenvalue weighted by atomic mass is 32.2. The average molecular weight is 362 g/mol. The molecule has 0 aliphatic carbocycles. The number of anilines is 1. The van der Waals surface area contributed by atoms with Crippen LogP contribution in [0.4, 0.5) is 5.69 Å². The molecule has 0 saturated carbocycles. The summed E-state index contributed by atoms with van der Waals surface area (Å²) in [5.41, 5.74) is 2.81. The van der Waals surface area contributed by atoms with Crippen LogP contribution in [0.3, 0.4) is 0 Å². The summed E-state index contributed by atoms with van der Waals surface area (Å²) in [5, 5.41) is 12.0. The van der Waals surface area contributed by atoms with Gasteiger partial charge in [-0.05, 0) is 44.0 Å². The number of hydrogen-bond acceptors (Lipinski definition) is 4. The number of carbonyl (C=O) groups is 1. The first-order valence-corrected chi connectivity index (χ1v) is 9.34. The zero-order valence-electron chi connectivity index (χ0n) is 14.5. The molecule has 25 heavy (non-hydrogen) atoms. The number of hydrogen-bond donors (Lipinski definition) is 3. The molecule has 2 aromatic carbocycles. The van der Waals surface area contributed by atoms with E-state index in [2.05, 4.69) is 10.0 Å². The lowest BCUT2D eigenvalue weighted by Crippen LogP contribution is -2.29. The second-order valence-corrected chi connectivity index (χ2v) is 7.68. The Labute approximate surface area is 147 Å². The Morgan fingerprint density at radius 2 is 1.72 bits per heavy atom. The molecule has 0 atom stereocenters. The van der Waals surface area contributed by atoms with Gasteiger partial charge in [0, 0.05) is 24.7 Å². The highest BCUT2D eigenvalue weighted by molar-refractivity contribution is 7.89. The predicted octanol–water partition coefficient (Wildman–Crippen LogP) is 2.62. The van der Waals surface area contributed by atoms with Crippen LogP contribution in [0.15, 0.2) is 41.3 Å². The van der Waals surface area contributed by atoms with Crippen molar-refractivity contribution in [3.63, 3.8) is 0 Å². The maximum atomic E-state index is 12.5. The maximum absolute atomic E-state index is 12.5. The van der Waals surface area contributed by atoms with E-state index in [1.807, 2.05) is 19.1 Å². The maximum Gasteiger partial charge on any atom is 0.241 e. The van der Waals surface area contributed by atoms with E-state index in [0.29, 0.717) is 16.8 Å². The van der Waals surface area contributed by atoms with E-state index in [9.17, 15) is 18.3 Å². The molecule has 0 heterocycles. The van der Waals surface area contributed by atoms with Gasteiger partial charge in [-0.1, -0.05) is 23.8 Å². The van der Waals surface area contributed by atoms with Crippen molar-refractivity contribution in [2.75, 3.05) is 11.9 Å². The lowest BCUT2D eigenvalue weighted by atomic mass is 10.1. The predicted molar refractivity (Wildman–Crippen MR) is 97.2 cm³/mol. The Morgan fingerprint density at radius 3 is 2.32 bits per heavy atom. The summed E-state index contributed by atoms with van der Waals surface area (Å²) in [7, 11) is -3.68. The molecule has 6 nitrogen and oxygen atoms in total. The number of carbonyl (C=O) groups excluding carboxylic acids is 1. The van der Waals surface area contributed by atoms with Crippen LogP contribution in [0.25, 0.3) is 0 Å². The van der Waals surface area contributed by atoms with Crippen LogP contribution in [-0.2, 0) is 14.8 Å². The van der Waals surface area contributed by atoms with E-state index < -0.39 is 10.0 Å². The largest absolute Gasteiger partial charge is 0.508 e. The summed E-state index contributed by atoms with van der Waals surface area (Å²) in [6.07, 6.45) is -0.0150. The van der Waals surface area contributed by atoms with E-state index in [1.165, 1.54) is 12.1 Å². The minimum absolute atomic E-state index is 0.0141. The quantitative estimate of drug-likeness (QED) is 0.736. The van der Waals surface area contributed by atoms with E-state index in [1.54, 1.807) is 26.0 Å². The molecule has 0 aromatic heterocycles. The van der Waals surface area contributed by atoms with Crippen LogP contribution in [0.1, 0.15) is 23.1 Å². The molecule has 7 heteroatoms. The minimum Gasteiger partial charge on any atom is -0.508 e. The summed E-state index contributed by atoms with van der Waals surface area (Å²) in [4.78, 5) is 12.2. The van der Waals surface area contributed by atoms with Gasteiger partial charge in [0.05, 0.1) is 4.90 Å². The number of sulfonamides is 1. The third-order valence-corrected chi connectivity index (χ3v) is 5.41. The molecule has 0 aliphatic rings. The molecule has 134 valence electrons. The van der Waals surface area contributed by atoms with E-state index in [4.69, 9.17) is 0 Å². The summed E-state index contributed by atoms with van der Waals surface area (Å²) in [6, 6.07) is 9.79. The van der Waals surface area contributed by atoms with Crippen LogP contribution < -0.4 is 10.0 Å². The van der Waals surface area contributed by atoms with Crippen molar-refractivity contribution in [1.82, 2.24) is 4.72 Å². The van der Waals surface area contributed by atoms with Crippen LogP contribution in [0.2, 0.25) is 0 Å². The van der Waals surface area contributed by atoms with Crippen molar-refractivity contribution in [3.05, 3.63) is 53.1 Å². The van der Waals surface area contributed by atoms with Gasteiger partial charge in [-0.2, -0.15) is 0 Å². The van der Waals surface area contributed by atoms with Gasteiger partial charge >= 0.3 is 0 Å². The first-order valence-electron chi connectivity index (χ1n) is 7.85. The van der Waals surface area contributed by atoms with Gasteiger partial charge in [0.25, 0.3) is 0 Å². The number of rotatable bonds is 6. The van der Waals surface area contributed by atoms with Gasteiger partial charge in [0.15, 0.2) is 0 Å². The minimum atomic E-state index is -3.68. The summed E-state index contributed by atoms with van der Waals surface area (Å²) >= 11 is 0. The van der Waals surface area contributed by atoms with Crippen molar-refractivity contribution < 1.29 is 18.3 Å². The molecule has 0 spiro atoms. The molecule has 0 aliphatic heterocycles. The van der Waals surface area contributed by atoms with Crippen molar-refractivity contribution in [2.45, 2.75) is 32.1 Å². The Balaban J connectivity index is 1.98. The zero-order chi connectivity index (χ0) is 18.6. The molecule has 3 N–H and O–H groups in total. The third-order valence-electron chi connectivity index (χ3n) is 3.65. The lowest BCUT2D eigenvalue weighted by Gasteiger charge is -2.13. The smallest absolute Gasteiger partial charge is 0.241 e. The van der Waals surface area contributed by atoms with Crippen LogP contribution in [0, 0.1) is 20.8 Å². The summed E-state index contributed by atoms with van der Waals surface area (Å²) in [6.45, 7) is 5.40. The molecular formula is C18H22N2O4S. The summed E-state index contributed by atoms with van der Waals surface area (Å²) in [5.74, 6) is -0.297. The highest BCUT2D eigenvalue weighted by Crippen LogP contribution is 2.21. The molecule has 0 saturated heterocycles. The highest BCUT2D eigenvalue weighted by Gasteiger charge is 2.19.